The van der Waals surface area contributed by atoms with E-state index in [0.29, 0.717) is 0 Å². The van der Waals surface area contributed by atoms with E-state index >= 15 is 0 Å². The lowest BCUT2D eigenvalue weighted by atomic mass is 10.1. The highest BCUT2D eigenvalue weighted by Gasteiger charge is 2.20. The molecular formula is C13H16N2O6. The summed E-state index contributed by atoms with van der Waals surface area (Å²) in [6.45, 7) is -0.460. The molecule has 1 atom stereocenters. The van der Waals surface area contributed by atoms with Crippen LogP contribution in [0.4, 0.5) is 0 Å². The van der Waals surface area contributed by atoms with Gasteiger partial charge in [-0.05, 0) is 18.6 Å². The number of phenolic OH excluding ortho intramolecular Hbond substituents is 1. The van der Waals surface area contributed by atoms with Gasteiger partial charge in [0.15, 0.2) is 18.1 Å². The number of rotatable bonds is 8. The summed E-state index contributed by atoms with van der Waals surface area (Å²) in [7, 11) is 0. The van der Waals surface area contributed by atoms with E-state index in [1.807, 2.05) is 0 Å². The lowest BCUT2D eigenvalue weighted by Gasteiger charge is -2.14. The van der Waals surface area contributed by atoms with E-state index < -0.39 is 30.4 Å². The van der Waals surface area contributed by atoms with Gasteiger partial charge < -0.3 is 26.0 Å². The molecule has 8 nitrogen and oxygen atoms in total. The second-order valence-electron chi connectivity index (χ2n) is 4.22. The molecule has 0 spiro atoms. The Morgan fingerprint density at radius 1 is 1.29 bits per heavy atom. The van der Waals surface area contributed by atoms with Gasteiger partial charge in [0.2, 0.25) is 5.91 Å². The number of carboxylic acids is 1. The Bertz CT molecular complexity index is 531. The molecule has 1 unspecified atom stereocenters. The van der Waals surface area contributed by atoms with Crippen LogP contribution in [0.1, 0.15) is 12.8 Å². The van der Waals surface area contributed by atoms with Crippen molar-refractivity contribution in [2.24, 2.45) is 5.73 Å². The molecule has 8 heteroatoms. The molecule has 0 bridgehead atoms. The normalized spacial score (nSPS) is 11.4. The number of aromatic hydroxyl groups is 1. The van der Waals surface area contributed by atoms with Crippen molar-refractivity contribution in [3.8, 4) is 11.5 Å². The Labute approximate surface area is 120 Å². The molecule has 0 aliphatic rings. The Morgan fingerprint density at radius 2 is 1.95 bits per heavy atom. The number of carbonyl (C=O) groups excluding carboxylic acids is 2. The van der Waals surface area contributed by atoms with Crippen molar-refractivity contribution < 1.29 is 29.3 Å². The molecule has 1 rings (SSSR count). The van der Waals surface area contributed by atoms with E-state index in [4.69, 9.17) is 15.6 Å². The van der Waals surface area contributed by atoms with Gasteiger partial charge >= 0.3 is 5.97 Å². The number of carbonyl (C=O) groups is 3. The number of benzene rings is 1. The zero-order chi connectivity index (χ0) is 15.8. The summed E-state index contributed by atoms with van der Waals surface area (Å²) in [5, 5.41) is 20.6. The smallest absolute Gasteiger partial charge is 0.326 e. The van der Waals surface area contributed by atoms with Gasteiger partial charge in [-0.15, -0.1) is 0 Å². The van der Waals surface area contributed by atoms with Gasteiger partial charge in [-0.25, -0.2) is 4.79 Å². The molecule has 21 heavy (non-hydrogen) atoms. The van der Waals surface area contributed by atoms with Crippen LogP contribution < -0.4 is 15.8 Å². The third-order valence-corrected chi connectivity index (χ3v) is 2.54. The summed E-state index contributed by atoms with van der Waals surface area (Å²) >= 11 is 0. The minimum atomic E-state index is -1.27. The maximum Gasteiger partial charge on any atom is 0.326 e. The monoisotopic (exact) mass is 296 g/mol. The number of para-hydroxylation sites is 2. The lowest BCUT2D eigenvalue weighted by Crippen LogP contribution is -2.43. The number of amides is 2. The third kappa shape index (κ3) is 5.81. The van der Waals surface area contributed by atoms with Crippen molar-refractivity contribution in [3.63, 3.8) is 0 Å². The van der Waals surface area contributed by atoms with Crippen LogP contribution in [0, 0.1) is 0 Å². The molecule has 0 heterocycles. The Kier molecular flexibility index (Phi) is 5.99. The average molecular weight is 296 g/mol. The molecule has 114 valence electrons. The van der Waals surface area contributed by atoms with E-state index in [1.54, 1.807) is 12.1 Å². The summed E-state index contributed by atoms with van der Waals surface area (Å²) in [6, 6.07) is 4.83. The maximum absolute atomic E-state index is 11.6. The number of aliphatic carboxylic acids is 1. The van der Waals surface area contributed by atoms with Crippen molar-refractivity contribution in [2.45, 2.75) is 18.9 Å². The standard InChI is InChI=1S/C13H16N2O6/c14-11(17)6-5-8(13(19)20)15-12(18)7-21-10-4-2-1-3-9(10)16/h1-4,8,16H,5-7H2,(H2,14,17)(H,15,18)(H,19,20). The molecule has 2 amide bonds. The number of nitrogens with two attached hydrogens (primary N) is 1. The van der Waals surface area contributed by atoms with Gasteiger partial charge in [0.05, 0.1) is 0 Å². The van der Waals surface area contributed by atoms with Crippen LogP contribution >= 0.6 is 0 Å². The highest BCUT2D eigenvalue weighted by molar-refractivity contribution is 5.85. The van der Waals surface area contributed by atoms with Crippen molar-refractivity contribution in [1.82, 2.24) is 5.32 Å². The highest BCUT2D eigenvalue weighted by atomic mass is 16.5. The molecule has 0 radical (unpaired) electrons. The van der Waals surface area contributed by atoms with E-state index in [1.165, 1.54) is 12.1 Å². The van der Waals surface area contributed by atoms with Crippen LogP contribution in [0.25, 0.3) is 0 Å². The van der Waals surface area contributed by atoms with Crippen LogP contribution in [0.5, 0.6) is 11.5 Å². The van der Waals surface area contributed by atoms with Crippen molar-refractivity contribution >= 4 is 17.8 Å². The number of nitrogens with one attached hydrogen (secondary N) is 1. The molecule has 0 fully saturated rings. The number of hydrogen-bond acceptors (Lipinski definition) is 5. The molecule has 5 N–H and O–H groups in total. The predicted octanol–water partition coefficient (Wildman–Crippen LogP) is -0.394. The first-order valence-electron chi connectivity index (χ1n) is 6.11. The zero-order valence-corrected chi connectivity index (χ0v) is 11.1. The van der Waals surface area contributed by atoms with E-state index in [0.717, 1.165) is 0 Å². The Morgan fingerprint density at radius 3 is 2.52 bits per heavy atom. The minimum Gasteiger partial charge on any atom is -0.504 e. The summed E-state index contributed by atoms with van der Waals surface area (Å²) in [4.78, 5) is 33.1. The van der Waals surface area contributed by atoms with Gasteiger partial charge in [0, 0.05) is 6.42 Å². The molecule has 0 saturated carbocycles. The number of hydrogen-bond donors (Lipinski definition) is 4. The highest BCUT2D eigenvalue weighted by Crippen LogP contribution is 2.23. The van der Waals surface area contributed by atoms with Gasteiger partial charge in [-0.3, -0.25) is 9.59 Å². The fourth-order valence-corrected chi connectivity index (χ4v) is 1.50. The van der Waals surface area contributed by atoms with E-state index in [2.05, 4.69) is 5.32 Å². The summed E-state index contributed by atoms with van der Waals surface area (Å²) < 4.78 is 5.06. The molecule has 1 aromatic carbocycles. The second kappa shape index (κ2) is 7.73. The van der Waals surface area contributed by atoms with Crippen LogP contribution in [-0.4, -0.2) is 40.6 Å². The second-order valence-corrected chi connectivity index (χ2v) is 4.22. The first kappa shape index (κ1) is 16.3. The average Bonchev–Trinajstić information content (AvgIpc) is 2.42. The van der Waals surface area contributed by atoms with Gasteiger partial charge in [-0.2, -0.15) is 0 Å². The molecular weight excluding hydrogens is 280 g/mol. The predicted molar refractivity (Wildman–Crippen MR) is 71.6 cm³/mol. The zero-order valence-electron chi connectivity index (χ0n) is 11.1. The third-order valence-electron chi connectivity index (χ3n) is 2.54. The van der Waals surface area contributed by atoms with E-state index in [-0.39, 0.29) is 24.3 Å². The summed E-state index contributed by atoms with van der Waals surface area (Å²) in [6.07, 6.45) is -0.259. The van der Waals surface area contributed by atoms with Gasteiger partial charge in [-0.1, -0.05) is 12.1 Å². The fraction of sp³-hybridized carbons (Fsp3) is 0.308. The van der Waals surface area contributed by atoms with Gasteiger partial charge in [0.1, 0.15) is 6.04 Å². The minimum absolute atomic E-state index is 0.104. The number of primary amides is 1. The summed E-state index contributed by atoms with van der Waals surface area (Å²) in [5.74, 6) is -2.63. The molecule has 0 aliphatic heterocycles. The van der Waals surface area contributed by atoms with E-state index in [9.17, 15) is 19.5 Å². The summed E-state index contributed by atoms with van der Waals surface area (Å²) in [5.41, 5.74) is 4.93. The van der Waals surface area contributed by atoms with Gasteiger partial charge in [0.25, 0.3) is 5.91 Å². The number of ether oxygens (including phenoxy) is 1. The van der Waals surface area contributed by atoms with Crippen molar-refractivity contribution in [2.75, 3.05) is 6.61 Å². The SMILES string of the molecule is NC(=O)CCC(NC(=O)COc1ccccc1O)C(=O)O. The Hall–Kier alpha value is -2.77. The largest absolute Gasteiger partial charge is 0.504 e. The van der Waals surface area contributed by atoms with Crippen LogP contribution in [0.15, 0.2) is 24.3 Å². The lowest BCUT2D eigenvalue weighted by molar-refractivity contribution is -0.142. The molecule has 0 aromatic heterocycles. The number of phenols is 1. The maximum atomic E-state index is 11.6. The first-order chi connectivity index (χ1) is 9.90. The van der Waals surface area contributed by atoms with Crippen LogP contribution in [0.3, 0.4) is 0 Å². The fourth-order valence-electron chi connectivity index (χ4n) is 1.50. The Balaban J connectivity index is 2.49. The van der Waals surface area contributed by atoms with Crippen molar-refractivity contribution in [3.05, 3.63) is 24.3 Å². The molecule has 1 aromatic rings. The van der Waals surface area contributed by atoms with Crippen LogP contribution in [-0.2, 0) is 14.4 Å². The van der Waals surface area contributed by atoms with Crippen molar-refractivity contribution in [1.29, 1.82) is 0 Å². The topological polar surface area (TPSA) is 139 Å². The molecule has 0 saturated heterocycles. The first-order valence-corrected chi connectivity index (χ1v) is 6.11. The van der Waals surface area contributed by atoms with Crippen LogP contribution in [0.2, 0.25) is 0 Å². The number of carboxylic acid groups (broad SMARTS) is 1. The quantitative estimate of drug-likeness (QED) is 0.515. The molecule has 0 aliphatic carbocycles.